The number of hydrogen-bond donors (Lipinski definition) is 2. The Morgan fingerprint density at radius 3 is 2.77 bits per heavy atom. The third kappa shape index (κ3) is 3.28. The maximum atomic E-state index is 12.2. The Morgan fingerprint density at radius 2 is 2.18 bits per heavy atom. The summed E-state index contributed by atoms with van der Waals surface area (Å²) in [5.41, 5.74) is 1.11. The fraction of sp³-hybridized carbons (Fsp3) is 0.286. The monoisotopic (exact) mass is 321 g/mol. The minimum atomic E-state index is -0.654. The minimum absolute atomic E-state index is 0.223. The molecule has 7 nitrogen and oxygen atoms in total. The lowest BCUT2D eigenvalue weighted by Crippen LogP contribution is -2.18. The third-order valence-electron chi connectivity index (χ3n) is 3.23. The number of nitro benzene ring substituents is 1. The van der Waals surface area contributed by atoms with Crippen molar-refractivity contribution >= 4 is 17.4 Å². The van der Waals surface area contributed by atoms with Gasteiger partial charge in [0.05, 0.1) is 10.6 Å². The maximum Gasteiger partial charge on any atom is 0.310 e. The Kier molecular flexibility index (Phi) is 4.81. The molecule has 1 aromatic heterocycles. The van der Waals surface area contributed by atoms with Crippen LogP contribution < -0.4 is 5.56 Å². The van der Waals surface area contributed by atoms with Gasteiger partial charge in [0.1, 0.15) is 0 Å². The number of aryl methyl sites for hydroxylation is 1. The van der Waals surface area contributed by atoms with Crippen molar-refractivity contribution in [3.05, 3.63) is 55.5 Å². The number of aromatic amines is 1. The van der Waals surface area contributed by atoms with Crippen LogP contribution in [0.5, 0.6) is 5.75 Å². The van der Waals surface area contributed by atoms with Crippen LogP contribution in [0.2, 0.25) is 0 Å². The topological polar surface area (TPSA) is 109 Å². The van der Waals surface area contributed by atoms with E-state index in [0.29, 0.717) is 28.4 Å². The predicted octanol–water partition coefficient (Wildman–Crippen LogP) is 2.26. The molecule has 1 heterocycles. The number of nitrogens with one attached hydrogen (secondary N) is 1. The molecule has 2 N–H and O–H groups in total. The highest BCUT2D eigenvalue weighted by atomic mass is 32.2. The third-order valence-corrected chi connectivity index (χ3v) is 3.81. The van der Waals surface area contributed by atoms with Gasteiger partial charge in [0, 0.05) is 18.1 Å². The zero-order chi connectivity index (χ0) is 16.3. The van der Waals surface area contributed by atoms with E-state index in [1.54, 1.807) is 6.07 Å². The fourth-order valence-corrected chi connectivity index (χ4v) is 2.52. The number of thioether (sulfide) groups is 1. The normalized spacial score (nSPS) is 10.6. The molecule has 1 aromatic carbocycles. The summed E-state index contributed by atoms with van der Waals surface area (Å²) in [6, 6.07) is 4.09. The van der Waals surface area contributed by atoms with Gasteiger partial charge in [-0.05, 0) is 24.3 Å². The summed E-state index contributed by atoms with van der Waals surface area (Å²) < 4.78 is 0. The van der Waals surface area contributed by atoms with E-state index in [2.05, 4.69) is 9.97 Å². The maximum absolute atomic E-state index is 12.2. The van der Waals surface area contributed by atoms with Crippen LogP contribution in [0.1, 0.15) is 23.7 Å². The Balaban J connectivity index is 2.45. The number of phenolic OH excluding ortho intramolecular Hbond substituents is 1. The number of nitro groups is 1. The lowest BCUT2D eigenvalue weighted by molar-refractivity contribution is -0.385. The van der Waals surface area contributed by atoms with Gasteiger partial charge in [-0.1, -0.05) is 24.8 Å². The molecule has 8 heteroatoms. The summed E-state index contributed by atoms with van der Waals surface area (Å²) >= 11 is 1.35. The molecular weight excluding hydrogens is 306 g/mol. The van der Waals surface area contributed by atoms with Gasteiger partial charge in [-0.25, -0.2) is 4.98 Å². The van der Waals surface area contributed by atoms with Crippen LogP contribution >= 0.6 is 11.8 Å². The average Bonchev–Trinajstić information content (AvgIpc) is 2.50. The molecule has 0 aliphatic heterocycles. The van der Waals surface area contributed by atoms with Crippen LogP contribution in [0.4, 0.5) is 5.69 Å². The smallest absolute Gasteiger partial charge is 0.310 e. The molecule has 116 valence electrons. The summed E-state index contributed by atoms with van der Waals surface area (Å²) in [7, 11) is 0. The van der Waals surface area contributed by atoms with E-state index in [1.807, 2.05) is 13.2 Å². The van der Waals surface area contributed by atoms with Crippen molar-refractivity contribution in [1.82, 2.24) is 9.97 Å². The van der Waals surface area contributed by atoms with Crippen molar-refractivity contribution in [3.8, 4) is 5.75 Å². The lowest BCUT2D eigenvalue weighted by Gasteiger charge is -2.08. The number of nitrogens with zero attached hydrogens (tertiary/aromatic N) is 2. The summed E-state index contributed by atoms with van der Waals surface area (Å²) in [6.45, 7) is 1.90. The number of hydrogen-bond acceptors (Lipinski definition) is 6. The van der Waals surface area contributed by atoms with Gasteiger partial charge in [-0.3, -0.25) is 14.9 Å². The van der Waals surface area contributed by atoms with Crippen molar-refractivity contribution < 1.29 is 10.0 Å². The minimum Gasteiger partial charge on any atom is -0.502 e. The molecule has 0 aliphatic rings. The first kappa shape index (κ1) is 16.0. The van der Waals surface area contributed by atoms with E-state index < -0.39 is 10.7 Å². The average molecular weight is 321 g/mol. The molecule has 0 atom stereocenters. The van der Waals surface area contributed by atoms with E-state index in [0.717, 1.165) is 0 Å². The first-order chi connectivity index (χ1) is 10.5. The Hall–Kier alpha value is -2.35. The zero-order valence-corrected chi connectivity index (χ0v) is 12.9. The SMILES string of the molecule is CCc1nc(SC)[nH]c(=O)c1Cc1ccc(O)c([N+](=O)[O-])c1. The largest absolute Gasteiger partial charge is 0.502 e. The number of rotatable bonds is 5. The van der Waals surface area contributed by atoms with Crippen molar-refractivity contribution in [2.75, 3.05) is 6.26 Å². The Morgan fingerprint density at radius 1 is 1.45 bits per heavy atom. The molecule has 0 saturated heterocycles. The van der Waals surface area contributed by atoms with E-state index in [4.69, 9.17) is 0 Å². The van der Waals surface area contributed by atoms with Crippen molar-refractivity contribution in [2.45, 2.75) is 24.9 Å². The first-order valence-electron chi connectivity index (χ1n) is 6.58. The molecule has 0 bridgehead atoms. The molecule has 2 aromatic rings. The first-order valence-corrected chi connectivity index (χ1v) is 7.81. The second kappa shape index (κ2) is 6.61. The predicted molar refractivity (Wildman–Crippen MR) is 83.6 cm³/mol. The van der Waals surface area contributed by atoms with Gasteiger partial charge in [-0.2, -0.15) is 0 Å². The van der Waals surface area contributed by atoms with Crippen LogP contribution in [-0.4, -0.2) is 26.3 Å². The molecular formula is C14H15N3O4S. The van der Waals surface area contributed by atoms with E-state index in [9.17, 15) is 20.0 Å². The Labute approximate surface area is 130 Å². The highest BCUT2D eigenvalue weighted by Gasteiger charge is 2.16. The van der Waals surface area contributed by atoms with Gasteiger partial charge in [-0.15, -0.1) is 0 Å². The van der Waals surface area contributed by atoms with Crippen molar-refractivity contribution in [3.63, 3.8) is 0 Å². The van der Waals surface area contributed by atoms with Gasteiger partial charge >= 0.3 is 5.69 Å². The quantitative estimate of drug-likeness (QED) is 0.378. The second-order valence-corrected chi connectivity index (χ2v) is 5.41. The van der Waals surface area contributed by atoms with E-state index in [-0.39, 0.29) is 17.7 Å². The molecule has 0 aliphatic carbocycles. The van der Waals surface area contributed by atoms with E-state index >= 15 is 0 Å². The molecule has 2 rings (SSSR count). The van der Waals surface area contributed by atoms with Gasteiger partial charge in [0.15, 0.2) is 10.9 Å². The highest BCUT2D eigenvalue weighted by Crippen LogP contribution is 2.27. The standard InChI is InChI=1S/C14H15N3O4S/c1-3-10-9(13(19)16-14(15-10)22-2)6-8-4-5-12(18)11(7-8)17(20)21/h4-5,7,18H,3,6H2,1-2H3,(H,15,16,19). The van der Waals surface area contributed by atoms with Crippen LogP contribution in [0.15, 0.2) is 28.2 Å². The van der Waals surface area contributed by atoms with Gasteiger partial charge < -0.3 is 10.1 Å². The Bertz CT molecular complexity index is 773. The molecule has 0 spiro atoms. The number of phenols is 1. The van der Waals surface area contributed by atoms with Crippen LogP contribution in [0.3, 0.4) is 0 Å². The van der Waals surface area contributed by atoms with Crippen molar-refractivity contribution in [1.29, 1.82) is 0 Å². The molecule has 0 saturated carbocycles. The lowest BCUT2D eigenvalue weighted by atomic mass is 10.0. The van der Waals surface area contributed by atoms with Crippen LogP contribution in [0, 0.1) is 10.1 Å². The zero-order valence-electron chi connectivity index (χ0n) is 12.1. The summed E-state index contributed by atoms with van der Waals surface area (Å²) in [4.78, 5) is 29.4. The van der Waals surface area contributed by atoms with Gasteiger partial charge in [0.2, 0.25) is 0 Å². The summed E-state index contributed by atoms with van der Waals surface area (Å²) in [5.74, 6) is -0.394. The number of H-pyrrole nitrogens is 1. The second-order valence-electron chi connectivity index (χ2n) is 4.61. The molecule has 0 radical (unpaired) electrons. The molecule has 0 amide bonds. The fourth-order valence-electron chi connectivity index (χ4n) is 2.12. The number of aromatic hydroxyl groups is 1. The summed E-state index contributed by atoms with van der Waals surface area (Å²) in [6.07, 6.45) is 2.63. The molecule has 22 heavy (non-hydrogen) atoms. The summed E-state index contributed by atoms with van der Waals surface area (Å²) in [5, 5.41) is 20.9. The van der Waals surface area contributed by atoms with Crippen LogP contribution in [-0.2, 0) is 12.8 Å². The van der Waals surface area contributed by atoms with Crippen molar-refractivity contribution in [2.24, 2.45) is 0 Å². The number of benzene rings is 1. The highest BCUT2D eigenvalue weighted by molar-refractivity contribution is 7.98. The molecule has 0 fully saturated rings. The van der Waals surface area contributed by atoms with Gasteiger partial charge in [0.25, 0.3) is 5.56 Å². The van der Waals surface area contributed by atoms with Crippen LogP contribution in [0.25, 0.3) is 0 Å². The van der Waals surface area contributed by atoms with E-state index in [1.165, 1.54) is 23.9 Å². The number of aromatic nitrogens is 2. The molecule has 0 unspecified atom stereocenters.